The zero-order valence-electron chi connectivity index (χ0n) is 9.88. The van der Waals surface area contributed by atoms with Crippen molar-refractivity contribution in [3.05, 3.63) is 11.8 Å². The van der Waals surface area contributed by atoms with E-state index in [2.05, 4.69) is 9.97 Å². The Balaban J connectivity index is 2.11. The van der Waals surface area contributed by atoms with Crippen molar-refractivity contribution in [3.63, 3.8) is 0 Å². The van der Waals surface area contributed by atoms with Crippen LogP contribution in [-0.4, -0.2) is 36.9 Å². The summed E-state index contributed by atoms with van der Waals surface area (Å²) in [6, 6.07) is 0. The fourth-order valence-corrected chi connectivity index (χ4v) is 2.85. The average Bonchev–Trinajstić information content (AvgIpc) is 2.80. The molecule has 0 amide bonds. The van der Waals surface area contributed by atoms with Crippen LogP contribution in [-0.2, 0) is 9.47 Å². The summed E-state index contributed by atoms with van der Waals surface area (Å²) in [6.45, 7) is 1.75. The lowest BCUT2D eigenvalue weighted by Gasteiger charge is -2.23. The standard InChI is InChI=1S/C11H13N3O3S/c1-15-10-8-9(18-11(12)14-8)6(4-13-10)7-5-16-2-3-17-7/h4,7H,2-3,5H2,1H3,(H2,12,14). The Kier molecular flexibility index (Phi) is 3.02. The number of hydrogen-bond acceptors (Lipinski definition) is 7. The van der Waals surface area contributed by atoms with Crippen LogP contribution in [0.3, 0.4) is 0 Å². The highest BCUT2D eigenvalue weighted by Crippen LogP contribution is 2.36. The second kappa shape index (κ2) is 4.68. The summed E-state index contributed by atoms with van der Waals surface area (Å²) in [7, 11) is 1.57. The fraction of sp³-hybridized carbons (Fsp3) is 0.455. The fourth-order valence-electron chi connectivity index (χ4n) is 1.97. The summed E-state index contributed by atoms with van der Waals surface area (Å²) in [5.41, 5.74) is 7.41. The van der Waals surface area contributed by atoms with Crippen molar-refractivity contribution in [3.8, 4) is 5.88 Å². The maximum atomic E-state index is 5.76. The first kappa shape index (κ1) is 11.6. The minimum Gasteiger partial charge on any atom is -0.479 e. The van der Waals surface area contributed by atoms with Gasteiger partial charge < -0.3 is 19.9 Å². The molecule has 0 aromatic carbocycles. The number of anilines is 1. The quantitative estimate of drug-likeness (QED) is 0.885. The summed E-state index contributed by atoms with van der Waals surface area (Å²) in [6.07, 6.45) is 1.64. The molecule has 1 atom stereocenters. The van der Waals surface area contributed by atoms with Crippen LogP contribution in [0.2, 0.25) is 0 Å². The van der Waals surface area contributed by atoms with E-state index in [0.717, 1.165) is 10.3 Å². The SMILES string of the molecule is COc1ncc(C2COCCO2)c2sc(N)nc12. The van der Waals surface area contributed by atoms with E-state index >= 15 is 0 Å². The highest BCUT2D eigenvalue weighted by molar-refractivity contribution is 7.22. The minimum atomic E-state index is -0.112. The van der Waals surface area contributed by atoms with Gasteiger partial charge in [0.2, 0.25) is 5.88 Å². The Hall–Kier alpha value is -1.44. The molecule has 7 heteroatoms. The maximum absolute atomic E-state index is 5.76. The molecule has 0 bridgehead atoms. The molecule has 3 rings (SSSR count). The van der Waals surface area contributed by atoms with Crippen molar-refractivity contribution in [2.45, 2.75) is 6.10 Å². The largest absolute Gasteiger partial charge is 0.479 e. The molecule has 2 aromatic rings. The smallest absolute Gasteiger partial charge is 0.241 e. The van der Waals surface area contributed by atoms with E-state index in [-0.39, 0.29) is 6.10 Å². The summed E-state index contributed by atoms with van der Waals surface area (Å²) < 4.78 is 17.2. The number of ether oxygens (including phenoxy) is 3. The Labute approximate surface area is 108 Å². The maximum Gasteiger partial charge on any atom is 0.241 e. The van der Waals surface area contributed by atoms with Gasteiger partial charge in [-0.05, 0) is 0 Å². The summed E-state index contributed by atoms with van der Waals surface area (Å²) in [5, 5.41) is 0.495. The molecule has 1 aliphatic rings. The lowest BCUT2D eigenvalue weighted by Crippen LogP contribution is -2.22. The van der Waals surface area contributed by atoms with Gasteiger partial charge in [-0.1, -0.05) is 11.3 Å². The van der Waals surface area contributed by atoms with Crippen LogP contribution in [0.1, 0.15) is 11.7 Å². The van der Waals surface area contributed by atoms with Crippen LogP contribution in [0.5, 0.6) is 5.88 Å². The molecule has 6 nitrogen and oxygen atoms in total. The Morgan fingerprint density at radius 2 is 2.39 bits per heavy atom. The van der Waals surface area contributed by atoms with E-state index in [0.29, 0.717) is 36.3 Å². The molecule has 96 valence electrons. The van der Waals surface area contributed by atoms with Crippen LogP contribution >= 0.6 is 11.3 Å². The van der Waals surface area contributed by atoms with Gasteiger partial charge in [-0.15, -0.1) is 0 Å². The van der Waals surface area contributed by atoms with Crippen molar-refractivity contribution in [1.82, 2.24) is 9.97 Å². The zero-order chi connectivity index (χ0) is 12.5. The molecule has 0 aliphatic carbocycles. The van der Waals surface area contributed by atoms with Gasteiger partial charge in [0.25, 0.3) is 0 Å². The molecule has 1 unspecified atom stereocenters. The highest BCUT2D eigenvalue weighted by Gasteiger charge is 2.23. The zero-order valence-corrected chi connectivity index (χ0v) is 10.7. The summed E-state index contributed by atoms with van der Waals surface area (Å²) >= 11 is 1.41. The van der Waals surface area contributed by atoms with Gasteiger partial charge in [-0.25, -0.2) is 9.97 Å². The van der Waals surface area contributed by atoms with Crippen molar-refractivity contribution in [1.29, 1.82) is 0 Å². The van der Waals surface area contributed by atoms with Gasteiger partial charge in [0.15, 0.2) is 5.13 Å². The number of hydrogen-bond donors (Lipinski definition) is 1. The van der Waals surface area contributed by atoms with E-state index in [1.165, 1.54) is 11.3 Å². The number of methoxy groups -OCH3 is 1. The summed E-state index contributed by atoms with van der Waals surface area (Å²) in [5.74, 6) is 0.485. The van der Waals surface area contributed by atoms with E-state index < -0.39 is 0 Å². The van der Waals surface area contributed by atoms with Crippen molar-refractivity contribution in [2.24, 2.45) is 0 Å². The number of nitrogen functional groups attached to an aromatic ring is 1. The number of fused-ring (bicyclic) bond motifs is 1. The molecule has 1 fully saturated rings. The number of nitrogens with two attached hydrogens (primary N) is 1. The van der Waals surface area contributed by atoms with Gasteiger partial charge in [0, 0.05) is 11.8 Å². The number of thiazole rings is 1. The van der Waals surface area contributed by atoms with E-state index in [4.69, 9.17) is 19.9 Å². The van der Waals surface area contributed by atoms with Gasteiger partial charge in [0.1, 0.15) is 11.6 Å². The van der Waals surface area contributed by atoms with Crippen LogP contribution in [0, 0.1) is 0 Å². The Morgan fingerprint density at radius 1 is 1.50 bits per heavy atom. The first-order valence-electron chi connectivity index (χ1n) is 5.58. The molecule has 0 radical (unpaired) electrons. The lowest BCUT2D eigenvalue weighted by molar-refractivity contribution is -0.0896. The first-order chi connectivity index (χ1) is 8.79. The van der Waals surface area contributed by atoms with Gasteiger partial charge in [0.05, 0.1) is 31.6 Å². The normalized spacial score (nSPS) is 20.2. The minimum absolute atomic E-state index is 0.112. The second-order valence-electron chi connectivity index (χ2n) is 3.89. The predicted octanol–water partition coefficient (Wildman–Crippen LogP) is 1.37. The molecule has 18 heavy (non-hydrogen) atoms. The molecular formula is C11H13N3O3S. The van der Waals surface area contributed by atoms with E-state index in [1.54, 1.807) is 13.3 Å². The molecule has 3 heterocycles. The molecule has 0 saturated carbocycles. The van der Waals surface area contributed by atoms with Crippen LogP contribution in [0.4, 0.5) is 5.13 Å². The molecule has 1 saturated heterocycles. The van der Waals surface area contributed by atoms with E-state index in [1.807, 2.05) is 0 Å². The van der Waals surface area contributed by atoms with Crippen molar-refractivity contribution >= 4 is 26.7 Å². The molecule has 1 aliphatic heterocycles. The molecule has 0 spiro atoms. The van der Waals surface area contributed by atoms with E-state index in [9.17, 15) is 0 Å². The van der Waals surface area contributed by atoms with Gasteiger partial charge in [-0.2, -0.15) is 0 Å². The highest BCUT2D eigenvalue weighted by atomic mass is 32.1. The van der Waals surface area contributed by atoms with Gasteiger partial charge in [-0.3, -0.25) is 0 Å². The van der Waals surface area contributed by atoms with Crippen LogP contribution in [0.15, 0.2) is 6.20 Å². The third-order valence-electron chi connectivity index (χ3n) is 2.79. The predicted molar refractivity (Wildman–Crippen MR) is 67.9 cm³/mol. The third kappa shape index (κ3) is 1.90. The first-order valence-corrected chi connectivity index (χ1v) is 6.39. The third-order valence-corrected chi connectivity index (χ3v) is 3.72. The van der Waals surface area contributed by atoms with Crippen LogP contribution in [0.25, 0.3) is 10.2 Å². The molecular weight excluding hydrogens is 254 g/mol. The number of nitrogens with zero attached hydrogens (tertiary/aromatic N) is 2. The van der Waals surface area contributed by atoms with Crippen molar-refractivity contribution in [2.75, 3.05) is 32.7 Å². The molecule has 2 N–H and O–H groups in total. The number of aromatic nitrogens is 2. The average molecular weight is 267 g/mol. The molecule has 2 aromatic heterocycles. The Bertz CT molecular complexity index is 566. The number of rotatable bonds is 2. The second-order valence-corrected chi connectivity index (χ2v) is 4.92. The monoisotopic (exact) mass is 267 g/mol. The summed E-state index contributed by atoms with van der Waals surface area (Å²) in [4.78, 5) is 8.50. The Morgan fingerprint density at radius 3 is 3.11 bits per heavy atom. The van der Waals surface area contributed by atoms with Crippen LogP contribution < -0.4 is 10.5 Å². The van der Waals surface area contributed by atoms with Gasteiger partial charge >= 0.3 is 0 Å². The lowest BCUT2D eigenvalue weighted by atomic mass is 10.1. The number of pyridine rings is 1. The topological polar surface area (TPSA) is 79.5 Å². The van der Waals surface area contributed by atoms with Crippen molar-refractivity contribution < 1.29 is 14.2 Å².